The van der Waals surface area contributed by atoms with Gasteiger partial charge in [-0.3, -0.25) is 4.72 Å². The predicted octanol–water partition coefficient (Wildman–Crippen LogP) is 2.55. The number of aromatic nitrogens is 1. The van der Waals surface area contributed by atoms with Crippen molar-refractivity contribution < 1.29 is 12.8 Å². The summed E-state index contributed by atoms with van der Waals surface area (Å²) in [7, 11) is -3.87. The fraction of sp³-hybridized carbons (Fsp3) is 0.154. The van der Waals surface area contributed by atoms with Crippen molar-refractivity contribution in [3.63, 3.8) is 0 Å². The molecule has 8 heteroatoms. The van der Waals surface area contributed by atoms with E-state index in [1.807, 2.05) is 0 Å². The van der Waals surface area contributed by atoms with E-state index in [4.69, 9.17) is 5.73 Å². The molecule has 5 nitrogen and oxygen atoms in total. The molecule has 0 spiro atoms. The Morgan fingerprint density at radius 3 is 2.67 bits per heavy atom. The topological polar surface area (TPSA) is 85.1 Å². The summed E-state index contributed by atoms with van der Waals surface area (Å²) in [6.45, 7) is 1.95. The van der Waals surface area contributed by atoms with Crippen LogP contribution in [0.2, 0.25) is 0 Å². The number of halogens is 2. The minimum absolute atomic E-state index is 0.151. The van der Waals surface area contributed by atoms with Crippen LogP contribution in [-0.2, 0) is 16.6 Å². The molecule has 112 valence electrons. The third-order valence-corrected chi connectivity index (χ3v) is 4.71. The van der Waals surface area contributed by atoms with Gasteiger partial charge >= 0.3 is 0 Å². The van der Waals surface area contributed by atoms with Gasteiger partial charge in [0, 0.05) is 12.7 Å². The zero-order valence-corrected chi connectivity index (χ0v) is 13.5. The lowest BCUT2D eigenvalue weighted by Gasteiger charge is -2.11. The van der Waals surface area contributed by atoms with Crippen LogP contribution in [0.5, 0.6) is 0 Å². The highest BCUT2D eigenvalue weighted by molar-refractivity contribution is 9.10. The molecule has 0 aliphatic carbocycles. The summed E-state index contributed by atoms with van der Waals surface area (Å²) < 4.78 is 40.5. The van der Waals surface area contributed by atoms with Crippen molar-refractivity contribution >= 4 is 31.6 Å². The van der Waals surface area contributed by atoms with Gasteiger partial charge in [0.1, 0.15) is 5.82 Å². The first kappa shape index (κ1) is 15.9. The van der Waals surface area contributed by atoms with Crippen LogP contribution in [0.1, 0.15) is 11.1 Å². The molecule has 2 aromatic rings. The van der Waals surface area contributed by atoms with Crippen LogP contribution in [0.4, 0.5) is 10.1 Å². The molecule has 0 fully saturated rings. The maximum Gasteiger partial charge on any atom is 0.279 e. The Labute approximate surface area is 130 Å². The first-order valence-corrected chi connectivity index (χ1v) is 8.24. The summed E-state index contributed by atoms with van der Waals surface area (Å²) in [6.07, 6.45) is 1.39. The van der Waals surface area contributed by atoms with Crippen molar-refractivity contribution in [1.29, 1.82) is 0 Å². The third kappa shape index (κ3) is 3.58. The number of anilines is 1. The van der Waals surface area contributed by atoms with Crippen LogP contribution >= 0.6 is 15.9 Å². The summed E-state index contributed by atoms with van der Waals surface area (Å²) in [5.41, 5.74) is 6.91. The molecule has 0 radical (unpaired) electrons. The zero-order valence-electron chi connectivity index (χ0n) is 11.1. The molecule has 0 bridgehead atoms. The van der Waals surface area contributed by atoms with Crippen molar-refractivity contribution in [2.24, 2.45) is 5.73 Å². The molecule has 2 rings (SSSR count). The molecule has 21 heavy (non-hydrogen) atoms. The molecule has 1 aromatic carbocycles. The first-order chi connectivity index (χ1) is 9.83. The van der Waals surface area contributed by atoms with Crippen molar-refractivity contribution in [3.05, 3.63) is 51.9 Å². The SMILES string of the molecule is Cc1cc(Br)c(F)cc1NS(=O)(=O)c1ccc(CN)cn1. The Kier molecular flexibility index (Phi) is 4.60. The van der Waals surface area contributed by atoms with Gasteiger partial charge in [0.15, 0.2) is 5.03 Å². The van der Waals surface area contributed by atoms with E-state index in [0.717, 1.165) is 11.6 Å². The molecule has 3 N–H and O–H groups in total. The van der Waals surface area contributed by atoms with E-state index in [0.29, 0.717) is 5.56 Å². The van der Waals surface area contributed by atoms with Crippen LogP contribution in [0.25, 0.3) is 0 Å². The maximum atomic E-state index is 13.5. The van der Waals surface area contributed by atoms with Gasteiger partial charge < -0.3 is 5.73 Å². The Morgan fingerprint density at radius 1 is 1.38 bits per heavy atom. The summed E-state index contributed by atoms with van der Waals surface area (Å²) in [4.78, 5) is 3.85. The molecule has 0 saturated heterocycles. The largest absolute Gasteiger partial charge is 0.326 e. The molecule has 0 unspecified atom stereocenters. The highest BCUT2D eigenvalue weighted by atomic mass is 79.9. The molecule has 0 aliphatic heterocycles. The maximum absolute atomic E-state index is 13.5. The van der Waals surface area contributed by atoms with E-state index in [-0.39, 0.29) is 21.7 Å². The number of nitrogens with zero attached hydrogens (tertiary/aromatic N) is 1. The Hall–Kier alpha value is -1.51. The molecule has 0 saturated carbocycles. The summed E-state index contributed by atoms with van der Waals surface area (Å²) >= 11 is 3.04. The van der Waals surface area contributed by atoms with Crippen molar-refractivity contribution in [2.45, 2.75) is 18.5 Å². The van der Waals surface area contributed by atoms with E-state index >= 15 is 0 Å². The molecule has 0 atom stereocenters. The summed E-state index contributed by atoms with van der Waals surface area (Å²) in [5.74, 6) is -0.551. The number of pyridine rings is 1. The average Bonchev–Trinajstić information content (AvgIpc) is 2.44. The zero-order chi connectivity index (χ0) is 15.6. The Bertz CT molecular complexity index is 764. The number of nitrogens with one attached hydrogen (secondary N) is 1. The molecular weight excluding hydrogens is 361 g/mol. The highest BCUT2D eigenvalue weighted by Gasteiger charge is 2.17. The van der Waals surface area contributed by atoms with Gasteiger partial charge in [-0.1, -0.05) is 6.07 Å². The minimum atomic E-state index is -3.87. The lowest BCUT2D eigenvalue weighted by Crippen LogP contribution is -2.15. The predicted molar refractivity (Wildman–Crippen MR) is 81.8 cm³/mol. The van der Waals surface area contributed by atoms with Gasteiger partial charge in [-0.2, -0.15) is 8.42 Å². The van der Waals surface area contributed by atoms with Crippen LogP contribution < -0.4 is 10.5 Å². The van der Waals surface area contributed by atoms with E-state index in [2.05, 4.69) is 25.6 Å². The van der Waals surface area contributed by atoms with Crippen LogP contribution in [-0.4, -0.2) is 13.4 Å². The lowest BCUT2D eigenvalue weighted by atomic mass is 10.2. The van der Waals surface area contributed by atoms with E-state index < -0.39 is 15.8 Å². The number of aryl methyl sites for hydroxylation is 1. The normalized spacial score (nSPS) is 11.4. The smallest absolute Gasteiger partial charge is 0.279 e. The lowest BCUT2D eigenvalue weighted by molar-refractivity contribution is 0.597. The molecule has 0 amide bonds. The molecule has 0 aliphatic rings. The number of nitrogens with two attached hydrogens (primary N) is 1. The first-order valence-electron chi connectivity index (χ1n) is 5.97. The summed E-state index contributed by atoms with van der Waals surface area (Å²) in [5, 5.41) is -0.151. The van der Waals surface area contributed by atoms with Gasteiger partial charge in [0.05, 0.1) is 10.2 Å². The van der Waals surface area contributed by atoms with E-state index in [1.165, 1.54) is 18.3 Å². The fourth-order valence-corrected chi connectivity index (χ4v) is 3.15. The van der Waals surface area contributed by atoms with Crippen molar-refractivity contribution in [3.8, 4) is 0 Å². The van der Waals surface area contributed by atoms with Crippen molar-refractivity contribution in [1.82, 2.24) is 4.98 Å². The average molecular weight is 374 g/mol. The number of hydrogen-bond donors (Lipinski definition) is 2. The van der Waals surface area contributed by atoms with Crippen LogP contribution in [0.3, 0.4) is 0 Å². The second-order valence-corrected chi connectivity index (χ2v) is 6.88. The Balaban J connectivity index is 2.34. The number of benzene rings is 1. The van der Waals surface area contributed by atoms with Gasteiger partial charge in [0.2, 0.25) is 0 Å². The van der Waals surface area contributed by atoms with E-state index in [9.17, 15) is 12.8 Å². The Morgan fingerprint density at radius 2 is 2.10 bits per heavy atom. The summed E-state index contributed by atoms with van der Waals surface area (Å²) in [6, 6.07) is 5.55. The van der Waals surface area contributed by atoms with Gasteiger partial charge in [-0.05, 0) is 52.2 Å². The van der Waals surface area contributed by atoms with Crippen LogP contribution in [0.15, 0.2) is 40.0 Å². The molecule has 1 aromatic heterocycles. The molecule has 1 heterocycles. The van der Waals surface area contributed by atoms with E-state index in [1.54, 1.807) is 13.0 Å². The minimum Gasteiger partial charge on any atom is -0.326 e. The number of rotatable bonds is 4. The second kappa shape index (κ2) is 6.08. The fourth-order valence-electron chi connectivity index (χ4n) is 1.64. The van der Waals surface area contributed by atoms with Gasteiger partial charge in [0.25, 0.3) is 10.0 Å². The van der Waals surface area contributed by atoms with Crippen molar-refractivity contribution in [2.75, 3.05) is 4.72 Å². The molecular formula is C13H13BrFN3O2S. The van der Waals surface area contributed by atoms with Crippen LogP contribution in [0, 0.1) is 12.7 Å². The van der Waals surface area contributed by atoms with Gasteiger partial charge in [-0.25, -0.2) is 9.37 Å². The standard InChI is InChI=1S/C13H13BrFN3O2S/c1-8-4-10(14)11(15)5-12(8)18-21(19,20)13-3-2-9(6-16)7-17-13/h2-5,7,18H,6,16H2,1H3. The monoisotopic (exact) mass is 373 g/mol. The quantitative estimate of drug-likeness (QED) is 0.862. The third-order valence-electron chi connectivity index (χ3n) is 2.82. The number of sulfonamides is 1. The highest BCUT2D eigenvalue weighted by Crippen LogP contribution is 2.25. The second-order valence-electron chi connectivity index (χ2n) is 4.40. The van der Waals surface area contributed by atoms with Gasteiger partial charge in [-0.15, -0.1) is 0 Å². The number of hydrogen-bond acceptors (Lipinski definition) is 4.